The lowest BCUT2D eigenvalue weighted by atomic mass is 10.2. The van der Waals surface area contributed by atoms with Crippen LogP contribution in [-0.4, -0.2) is 17.6 Å². The van der Waals surface area contributed by atoms with E-state index >= 15 is 0 Å². The van der Waals surface area contributed by atoms with Crippen LogP contribution in [0.3, 0.4) is 0 Å². The smallest absolute Gasteiger partial charge is 0.419 e. The number of aromatic nitrogens is 1. The van der Waals surface area contributed by atoms with E-state index in [1.807, 2.05) is 0 Å². The number of ether oxygens (including phenoxy) is 1. The molecule has 0 aliphatic rings. The first-order valence-electron chi connectivity index (χ1n) is 6.63. The highest BCUT2D eigenvalue weighted by atomic mass is 16.5. The van der Waals surface area contributed by atoms with E-state index in [1.165, 1.54) is 4.57 Å². The molecule has 0 fully saturated rings. The summed E-state index contributed by atoms with van der Waals surface area (Å²) in [7, 11) is 3.17. The summed E-state index contributed by atoms with van der Waals surface area (Å²) < 4.78 is 11.6. The fraction of sp³-hybridized carbons (Fsp3) is 0.125. The molecule has 3 rings (SSSR count). The van der Waals surface area contributed by atoms with Gasteiger partial charge < -0.3 is 14.5 Å². The standard InChI is InChI=1S/C16H14N2O4/c1-18-13-7-6-11(9-14(13)22-16(18)20)17-15(19)10-4-3-5-12(8-10)21-2/h3-9H,1-2H3,(H,17,19). The largest absolute Gasteiger partial charge is 0.497 e. The number of aryl methyl sites for hydroxylation is 1. The molecule has 1 N–H and O–H groups in total. The molecule has 2 aromatic carbocycles. The number of hydrogen-bond donors (Lipinski definition) is 1. The summed E-state index contributed by atoms with van der Waals surface area (Å²) >= 11 is 0. The zero-order valence-corrected chi connectivity index (χ0v) is 12.1. The highest BCUT2D eigenvalue weighted by molar-refractivity contribution is 6.05. The highest BCUT2D eigenvalue weighted by Crippen LogP contribution is 2.19. The molecule has 112 valence electrons. The van der Waals surface area contributed by atoms with E-state index < -0.39 is 5.76 Å². The molecular formula is C16H14N2O4. The lowest BCUT2D eigenvalue weighted by molar-refractivity contribution is 0.102. The van der Waals surface area contributed by atoms with Crippen LogP contribution in [0.15, 0.2) is 51.7 Å². The summed E-state index contributed by atoms with van der Waals surface area (Å²) in [6, 6.07) is 11.9. The molecule has 0 atom stereocenters. The van der Waals surface area contributed by atoms with Crippen LogP contribution in [0.5, 0.6) is 5.75 Å². The molecule has 22 heavy (non-hydrogen) atoms. The topological polar surface area (TPSA) is 73.5 Å². The molecule has 0 saturated carbocycles. The highest BCUT2D eigenvalue weighted by Gasteiger charge is 2.10. The Balaban J connectivity index is 1.88. The average molecular weight is 298 g/mol. The fourth-order valence-corrected chi connectivity index (χ4v) is 2.18. The third-order valence-corrected chi connectivity index (χ3v) is 3.38. The van der Waals surface area contributed by atoms with Gasteiger partial charge in [0.2, 0.25) is 0 Å². The summed E-state index contributed by atoms with van der Waals surface area (Å²) in [4.78, 5) is 23.7. The summed E-state index contributed by atoms with van der Waals surface area (Å²) in [5.41, 5.74) is 2.13. The van der Waals surface area contributed by atoms with Crippen LogP contribution in [0.2, 0.25) is 0 Å². The molecule has 0 unspecified atom stereocenters. The molecule has 1 heterocycles. The number of amides is 1. The molecule has 1 amide bonds. The van der Waals surface area contributed by atoms with E-state index in [-0.39, 0.29) is 5.91 Å². The van der Waals surface area contributed by atoms with Crippen molar-refractivity contribution >= 4 is 22.7 Å². The number of nitrogens with zero attached hydrogens (tertiary/aromatic N) is 1. The number of oxazole rings is 1. The Morgan fingerprint density at radius 1 is 1.23 bits per heavy atom. The predicted octanol–water partition coefficient (Wildman–Crippen LogP) is 2.39. The molecule has 0 radical (unpaired) electrons. The van der Waals surface area contributed by atoms with E-state index in [0.717, 1.165) is 0 Å². The van der Waals surface area contributed by atoms with E-state index in [0.29, 0.717) is 28.1 Å². The Kier molecular flexibility index (Phi) is 3.42. The van der Waals surface area contributed by atoms with Gasteiger partial charge in [0.25, 0.3) is 5.91 Å². The Hall–Kier alpha value is -3.02. The first kappa shape index (κ1) is 13.9. The molecule has 3 aromatic rings. The lowest BCUT2D eigenvalue weighted by Gasteiger charge is -2.06. The van der Waals surface area contributed by atoms with Gasteiger partial charge >= 0.3 is 5.76 Å². The summed E-state index contributed by atoms with van der Waals surface area (Å²) in [6.45, 7) is 0. The summed E-state index contributed by atoms with van der Waals surface area (Å²) in [5, 5.41) is 2.76. The molecule has 1 aromatic heterocycles. The molecule has 0 aliphatic heterocycles. The zero-order chi connectivity index (χ0) is 15.7. The second kappa shape index (κ2) is 5.40. The maximum Gasteiger partial charge on any atom is 0.419 e. The van der Waals surface area contributed by atoms with Gasteiger partial charge in [-0.25, -0.2) is 4.79 Å². The van der Waals surface area contributed by atoms with E-state index in [1.54, 1.807) is 56.6 Å². The van der Waals surface area contributed by atoms with Gasteiger partial charge in [-0.15, -0.1) is 0 Å². The number of carbonyl (C=O) groups is 1. The van der Waals surface area contributed by atoms with Gasteiger partial charge in [-0.05, 0) is 30.3 Å². The number of hydrogen-bond acceptors (Lipinski definition) is 4. The van der Waals surface area contributed by atoms with Gasteiger partial charge in [-0.3, -0.25) is 9.36 Å². The Bertz CT molecular complexity index is 908. The zero-order valence-electron chi connectivity index (χ0n) is 12.1. The fourth-order valence-electron chi connectivity index (χ4n) is 2.18. The van der Waals surface area contributed by atoms with Gasteiger partial charge in [-0.1, -0.05) is 6.07 Å². The number of benzene rings is 2. The maximum atomic E-state index is 12.2. The second-order valence-corrected chi connectivity index (χ2v) is 4.80. The molecule has 0 bridgehead atoms. The SMILES string of the molecule is COc1cccc(C(=O)Nc2ccc3c(c2)oc(=O)n3C)c1. The van der Waals surface area contributed by atoms with Crippen molar-refractivity contribution in [1.82, 2.24) is 4.57 Å². The number of fused-ring (bicyclic) bond motifs is 1. The van der Waals surface area contributed by atoms with Crippen molar-refractivity contribution in [2.24, 2.45) is 7.05 Å². The van der Waals surface area contributed by atoms with Crippen molar-refractivity contribution in [3.05, 3.63) is 58.6 Å². The van der Waals surface area contributed by atoms with Crippen molar-refractivity contribution in [1.29, 1.82) is 0 Å². The lowest BCUT2D eigenvalue weighted by Crippen LogP contribution is -2.11. The summed E-state index contributed by atoms with van der Waals surface area (Å²) in [6.07, 6.45) is 0. The van der Waals surface area contributed by atoms with Crippen molar-refractivity contribution < 1.29 is 13.9 Å². The average Bonchev–Trinajstić information content (AvgIpc) is 2.81. The van der Waals surface area contributed by atoms with E-state index in [9.17, 15) is 9.59 Å². The van der Waals surface area contributed by atoms with Gasteiger partial charge in [0.15, 0.2) is 5.58 Å². The van der Waals surface area contributed by atoms with Crippen LogP contribution in [0, 0.1) is 0 Å². The van der Waals surface area contributed by atoms with Crippen LogP contribution >= 0.6 is 0 Å². The van der Waals surface area contributed by atoms with E-state index in [2.05, 4.69) is 5.32 Å². The second-order valence-electron chi connectivity index (χ2n) is 4.80. The minimum atomic E-state index is -0.439. The van der Waals surface area contributed by atoms with Gasteiger partial charge in [0.05, 0.1) is 12.6 Å². The van der Waals surface area contributed by atoms with Crippen LogP contribution in [0.25, 0.3) is 11.1 Å². The van der Waals surface area contributed by atoms with Crippen LogP contribution in [0.4, 0.5) is 5.69 Å². The number of rotatable bonds is 3. The third-order valence-electron chi connectivity index (χ3n) is 3.38. The third kappa shape index (κ3) is 2.46. The minimum Gasteiger partial charge on any atom is -0.497 e. The van der Waals surface area contributed by atoms with Crippen LogP contribution in [0.1, 0.15) is 10.4 Å². The number of anilines is 1. The van der Waals surface area contributed by atoms with Crippen molar-refractivity contribution in [3.8, 4) is 5.75 Å². The monoisotopic (exact) mass is 298 g/mol. The minimum absolute atomic E-state index is 0.267. The number of nitrogens with one attached hydrogen (secondary N) is 1. The van der Waals surface area contributed by atoms with Crippen LogP contribution in [-0.2, 0) is 7.05 Å². The van der Waals surface area contributed by atoms with Gasteiger partial charge in [0.1, 0.15) is 5.75 Å². The Morgan fingerprint density at radius 2 is 2.05 bits per heavy atom. The maximum absolute atomic E-state index is 12.2. The Labute approximate surface area is 125 Å². The number of carbonyl (C=O) groups excluding carboxylic acids is 1. The van der Waals surface area contributed by atoms with E-state index in [4.69, 9.17) is 9.15 Å². The molecular weight excluding hydrogens is 284 g/mol. The van der Waals surface area contributed by atoms with Crippen molar-refractivity contribution in [2.45, 2.75) is 0 Å². The van der Waals surface area contributed by atoms with Crippen LogP contribution < -0.4 is 15.8 Å². The van der Waals surface area contributed by atoms with Crippen molar-refractivity contribution in [3.63, 3.8) is 0 Å². The van der Waals surface area contributed by atoms with Gasteiger partial charge in [-0.2, -0.15) is 0 Å². The van der Waals surface area contributed by atoms with Gasteiger partial charge in [0, 0.05) is 24.4 Å². The molecule has 0 spiro atoms. The first-order chi connectivity index (χ1) is 10.6. The Morgan fingerprint density at radius 3 is 2.82 bits per heavy atom. The quantitative estimate of drug-likeness (QED) is 0.805. The molecule has 0 saturated heterocycles. The number of methoxy groups -OCH3 is 1. The summed E-state index contributed by atoms with van der Waals surface area (Å²) in [5.74, 6) is -0.0973. The molecule has 0 aliphatic carbocycles. The molecule has 6 nitrogen and oxygen atoms in total. The predicted molar refractivity (Wildman–Crippen MR) is 82.4 cm³/mol. The first-order valence-corrected chi connectivity index (χ1v) is 6.63. The molecule has 6 heteroatoms. The normalized spacial score (nSPS) is 10.6. The van der Waals surface area contributed by atoms with Crippen molar-refractivity contribution in [2.75, 3.05) is 12.4 Å².